The molecule has 1 unspecified atom stereocenters. The van der Waals surface area contributed by atoms with Crippen LogP contribution in [0.1, 0.15) is 22.3 Å². The lowest BCUT2D eigenvalue weighted by molar-refractivity contribution is -0.138. The van der Waals surface area contributed by atoms with E-state index < -0.39 is 35.2 Å². The van der Waals surface area contributed by atoms with E-state index in [1.807, 2.05) is 0 Å². The summed E-state index contributed by atoms with van der Waals surface area (Å²) in [7, 11) is 0. The summed E-state index contributed by atoms with van der Waals surface area (Å²) in [4.78, 5) is 27.6. The molecule has 0 saturated heterocycles. The van der Waals surface area contributed by atoms with Gasteiger partial charge in [-0.3, -0.25) is 9.59 Å². The first kappa shape index (κ1) is 15.8. The second kappa shape index (κ2) is 6.04. The predicted molar refractivity (Wildman–Crippen MR) is 69.9 cm³/mol. The fourth-order valence-electron chi connectivity index (χ4n) is 1.91. The number of nitrogens with two attached hydrogens (primary N) is 1. The maximum absolute atomic E-state index is 12.8. The lowest BCUT2D eigenvalue weighted by atomic mass is 10.1. The zero-order valence-electron chi connectivity index (χ0n) is 11.2. The zero-order valence-corrected chi connectivity index (χ0v) is 11.2. The molecule has 22 heavy (non-hydrogen) atoms. The molecule has 2 amide bonds. The van der Waals surface area contributed by atoms with Crippen LogP contribution in [0.5, 0.6) is 0 Å². The van der Waals surface area contributed by atoms with Crippen molar-refractivity contribution in [3.63, 3.8) is 0 Å². The molecule has 1 aromatic carbocycles. The van der Waals surface area contributed by atoms with Gasteiger partial charge in [0.15, 0.2) is 6.10 Å². The summed E-state index contributed by atoms with van der Waals surface area (Å²) in [6, 6.07) is 4.45. The molecule has 3 N–H and O–H groups in total. The number of benzene rings is 1. The number of primary amides is 1. The summed E-state index contributed by atoms with van der Waals surface area (Å²) in [6.45, 7) is -0.0920. The Labute approximate surface area is 123 Å². The van der Waals surface area contributed by atoms with Gasteiger partial charge < -0.3 is 15.9 Å². The van der Waals surface area contributed by atoms with Crippen LogP contribution < -0.4 is 11.1 Å². The normalized spacial score (nSPS) is 17.6. The maximum atomic E-state index is 12.8. The van der Waals surface area contributed by atoms with E-state index in [1.54, 1.807) is 0 Å². The number of hydrogen-bond acceptors (Lipinski definition) is 4. The molecule has 0 radical (unpaired) electrons. The fraction of sp³-hybridized carbons (Fsp3) is 0.308. The molecule has 1 aliphatic heterocycles. The van der Waals surface area contributed by atoms with Crippen molar-refractivity contribution in [3.05, 3.63) is 35.4 Å². The van der Waals surface area contributed by atoms with Gasteiger partial charge >= 0.3 is 6.18 Å². The van der Waals surface area contributed by atoms with Gasteiger partial charge in [-0.1, -0.05) is 17.3 Å². The van der Waals surface area contributed by atoms with Crippen LogP contribution in [-0.2, 0) is 15.8 Å². The molecule has 0 aromatic heterocycles. The van der Waals surface area contributed by atoms with Gasteiger partial charge in [-0.05, 0) is 12.1 Å². The van der Waals surface area contributed by atoms with Gasteiger partial charge in [-0.25, -0.2) is 0 Å². The van der Waals surface area contributed by atoms with Crippen LogP contribution in [0.4, 0.5) is 13.2 Å². The Morgan fingerprint density at radius 3 is 2.64 bits per heavy atom. The third-order valence-corrected chi connectivity index (χ3v) is 2.98. The molecule has 0 spiro atoms. The van der Waals surface area contributed by atoms with E-state index in [0.29, 0.717) is 0 Å². The van der Waals surface area contributed by atoms with Crippen LogP contribution in [0.15, 0.2) is 29.4 Å². The molecule has 6 nitrogen and oxygen atoms in total. The van der Waals surface area contributed by atoms with Crippen molar-refractivity contribution in [2.45, 2.75) is 18.7 Å². The van der Waals surface area contributed by atoms with E-state index in [4.69, 9.17) is 10.6 Å². The summed E-state index contributed by atoms with van der Waals surface area (Å²) in [5.74, 6) is -1.62. The van der Waals surface area contributed by atoms with Gasteiger partial charge in [0.25, 0.3) is 11.8 Å². The topological polar surface area (TPSA) is 93.8 Å². The Morgan fingerprint density at radius 2 is 2.05 bits per heavy atom. The highest BCUT2D eigenvalue weighted by molar-refractivity contribution is 6.38. The Bertz CT molecular complexity index is 628. The number of halogens is 3. The highest BCUT2D eigenvalue weighted by Gasteiger charge is 2.35. The number of nitrogens with zero attached hydrogens (tertiary/aromatic N) is 1. The van der Waals surface area contributed by atoms with E-state index in [9.17, 15) is 22.8 Å². The summed E-state index contributed by atoms with van der Waals surface area (Å²) >= 11 is 0. The summed E-state index contributed by atoms with van der Waals surface area (Å²) in [6.07, 6.45) is -5.17. The van der Waals surface area contributed by atoms with E-state index >= 15 is 0 Å². The molecule has 0 bridgehead atoms. The van der Waals surface area contributed by atoms with Crippen LogP contribution in [0.2, 0.25) is 0 Å². The fourth-order valence-corrected chi connectivity index (χ4v) is 1.91. The van der Waals surface area contributed by atoms with E-state index in [1.165, 1.54) is 12.1 Å². The van der Waals surface area contributed by atoms with Crippen molar-refractivity contribution in [2.24, 2.45) is 10.9 Å². The third-order valence-electron chi connectivity index (χ3n) is 2.98. The van der Waals surface area contributed by atoms with Gasteiger partial charge in [-0.2, -0.15) is 13.2 Å². The van der Waals surface area contributed by atoms with Crippen LogP contribution in [0, 0.1) is 0 Å². The number of carbonyl (C=O) groups excluding carboxylic acids is 2. The lowest BCUT2D eigenvalue weighted by Gasteiger charge is -2.14. The van der Waals surface area contributed by atoms with Crippen LogP contribution in [0.3, 0.4) is 0 Å². The number of hydrogen-bond donors (Lipinski definition) is 2. The average Bonchev–Trinajstić information content (AvgIpc) is 2.93. The molecule has 0 fully saturated rings. The van der Waals surface area contributed by atoms with Crippen molar-refractivity contribution in [1.29, 1.82) is 0 Å². The quantitative estimate of drug-likeness (QED) is 0.870. The number of alkyl halides is 3. The van der Waals surface area contributed by atoms with Crippen LogP contribution >= 0.6 is 0 Å². The Kier molecular flexibility index (Phi) is 4.34. The monoisotopic (exact) mass is 315 g/mol. The molecule has 1 heterocycles. The van der Waals surface area contributed by atoms with Gasteiger partial charge in [0, 0.05) is 6.42 Å². The summed E-state index contributed by atoms with van der Waals surface area (Å²) in [5.41, 5.74) is 3.53. The molecule has 1 aliphatic rings. The summed E-state index contributed by atoms with van der Waals surface area (Å²) in [5, 5.41) is 5.76. The molecule has 0 saturated carbocycles. The minimum Gasteiger partial charge on any atom is -0.390 e. The molecule has 9 heteroatoms. The van der Waals surface area contributed by atoms with Crippen molar-refractivity contribution in [2.75, 3.05) is 6.54 Å². The molecule has 118 valence electrons. The molecule has 1 aromatic rings. The highest BCUT2D eigenvalue weighted by Crippen LogP contribution is 2.31. The number of rotatable bonds is 4. The van der Waals surface area contributed by atoms with Crippen LogP contribution in [0.25, 0.3) is 0 Å². The third kappa shape index (κ3) is 3.54. The number of carbonyl (C=O) groups is 2. The van der Waals surface area contributed by atoms with Gasteiger partial charge in [0.2, 0.25) is 0 Å². The van der Waals surface area contributed by atoms with Crippen molar-refractivity contribution < 1.29 is 27.6 Å². The van der Waals surface area contributed by atoms with Gasteiger partial charge in [0.1, 0.15) is 5.71 Å². The minimum absolute atomic E-state index is 0.0231. The molecule has 2 rings (SSSR count). The molecular weight excluding hydrogens is 303 g/mol. The second-order valence-electron chi connectivity index (χ2n) is 4.59. The Morgan fingerprint density at radius 1 is 1.36 bits per heavy atom. The van der Waals surface area contributed by atoms with Gasteiger partial charge in [-0.15, -0.1) is 0 Å². The number of nitrogens with one attached hydrogen (secondary N) is 1. The van der Waals surface area contributed by atoms with E-state index in [0.717, 1.165) is 12.1 Å². The average molecular weight is 315 g/mol. The maximum Gasteiger partial charge on any atom is 0.417 e. The minimum atomic E-state index is -4.62. The lowest BCUT2D eigenvalue weighted by Crippen LogP contribution is -2.34. The van der Waals surface area contributed by atoms with E-state index in [2.05, 4.69) is 10.5 Å². The van der Waals surface area contributed by atoms with Crippen LogP contribution in [-0.4, -0.2) is 30.2 Å². The van der Waals surface area contributed by atoms with Crippen molar-refractivity contribution >= 4 is 17.5 Å². The molecule has 1 atom stereocenters. The first-order valence-corrected chi connectivity index (χ1v) is 6.26. The van der Waals surface area contributed by atoms with E-state index in [-0.39, 0.29) is 18.7 Å². The smallest absolute Gasteiger partial charge is 0.390 e. The zero-order chi connectivity index (χ0) is 16.3. The first-order chi connectivity index (χ1) is 10.3. The number of oxime groups is 1. The standard InChI is InChI=1S/C13H12F3N3O3/c14-13(15,16)9-4-2-1-3-8(9)12(21)18-6-7-5-10(11(17)20)19-22-7/h1-4,7H,5-6H2,(H2,17,20)(H,18,21). The molecule has 0 aliphatic carbocycles. The molecular formula is C13H12F3N3O3. The SMILES string of the molecule is NC(=O)C1=NOC(CNC(=O)c2ccccc2C(F)(F)F)C1. The number of amides is 2. The first-order valence-electron chi connectivity index (χ1n) is 6.26. The Balaban J connectivity index is 1.99. The van der Waals surface area contributed by atoms with Crippen molar-refractivity contribution in [3.8, 4) is 0 Å². The van der Waals surface area contributed by atoms with Gasteiger partial charge in [0.05, 0.1) is 17.7 Å². The van der Waals surface area contributed by atoms with Crippen molar-refractivity contribution in [1.82, 2.24) is 5.32 Å². The second-order valence-corrected chi connectivity index (χ2v) is 4.59. The predicted octanol–water partition coefficient (Wildman–Crippen LogP) is 1.07. The largest absolute Gasteiger partial charge is 0.417 e. The summed E-state index contributed by atoms with van der Waals surface area (Å²) < 4.78 is 38.4. The Hall–Kier alpha value is -2.58. The highest BCUT2D eigenvalue weighted by atomic mass is 19.4.